The van der Waals surface area contributed by atoms with Crippen LogP contribution < -0.4 is 0 Å². The van der Waals surface area contributed by atoms with Crippen molar-refractivity contribution < 1.29 is 0 Å². The van der Waals surface area contributed by atoms with E-state index >= 15 is 0 Å². The van der Waals surface area contributed by atoms with E-state index < -0.39 is 0 Å². The molecule has 1 N–H and O–H groups in total. The maximum Gasteiger partial charge on any atom is 0.0535 e. The molecule has 0 bridgehead atoms. The molecule has 1 nitrogen and oxygen atoms in total. The number of fused-ring (bicyclic) bond motifs is 3. The lowest BCUT2D eigenvalue weighted by molar-refractivity contribution is 1.30. The van der Waals surface area contributed by atoms with E-state index in [4.69, 9.17) is 0 Å². The highest BCUT2D eigenvalue weighted by molar-refractivity contribution is 6.05. The summed E-state index contributed by atoms with van der Waals surface area (Å²) in [6, 6.07) is 13.1. The van der Waals surface area contributed by atoms with Gasteiger partial charge < -0.3 is 4.98 Å². The van der Waals surface area contributed by atoms with E-state index in [1.807, 2.05) is 13.8 Å². The first-order valence-electron chi connectivity index (χ1n) is 6.23. The number of aryl methyl sites for hydroxylation is 2. The van der Waals surface area contributed by atoms with Gasteiger partial charge in [-0.05, 0) is 31.4 Å². The Hall–Kier alpha value is -1.76. The monoisotopic (exact) mass is 225 g/mol. The topological polar surface area (TPSA) is 15.8 Å². The molecule has 0 aliphatic rings. The SMILES string of the molecule is CC.Cc1ccc2ccc3cc(C)[nH]c3c2c1. The van der Waals surface area contributed by atoms with Crippen LogP contribution in [0.2, 0.25) is 0 Å². The predicted molar refractivity (Wildman–Crippen MR) is 76.6 cm³/mol. The minimum atomic E-state index is 1.22. The van der Waals surface area contributed by atoms with Gasteiger partial charge in [0, 0.05) is 16.5 Å². The van der Waals surface area contributed by atoms with Gasteiger partial charge in [-0.25, -0.2) is 0 Å². The van der Waals surface area contributed by atoms with Gasteiger partial charge in [0.2, 0.25) is 0 Å². The standard InChI is InChI=1S/C14H13N.C2H6/c1-9-3-4-11-5-6-12-8-10(2)15-14(12)13(11)7-9;1-2/h3-8,15H,1-2H3;1-2H3. The van der Waals surface area contributed by atoms with E-state index in [2.05, 4.69) is 55.2 Å². The zero-order valence-electron chi connectivity index (χ0n) is 11.0. The molecule has 3 rings (SSSR count). The van der Waals surface area contributed by atoms with Crippen molar-refractivity contribution in [2.45, 2.75) is 27.7 Å². The van der Waals surface area contributed by atoms with Gasteiger partial charge in [0.25, 0.3) is 0 Å². The van der Waals surface area contributed by atoms with Crippen molar-refractivity contribution in [2.24, 2.45) is 0 Å². The van der Waals surface area contributed by atoms with Crippen molar-refractivity contribution in [2.75, 3.05) is 0 Å². The Morgan fingerprint density at radius 2 is 1.47 bits per heavy atom. The second-order valence-corrected chi connectivity index (χ2v) is 4.21. The van der Waals surface area contributed by atoms with Crippen molar-refractivity contribution in [1.29, 1.82) is 0 Å². The molecule has 0 saturated heterocycles. The molecule has 1 heteroatoms. The predicted octanol–water partition coefficient (Wildman–Crippen LogP) is 4.96. The Morgan fingerprint density at radius 1 is 0.824 bits per heavy atom. The van der Waals surface area contributed by atoms with Gasteiger partial charge in [-0.3, -0.25) is 0 Å². The van der Waals surface area contributed by atoms with Crippen molar-refractivity contribution >= 4 is 21.7 Å². The first-order valence-corrected chi connectivity index (χ1v) is 6.23. The molecule has 0 aliphatic heterocycles. The van der Waals surface area contributed by atoms with Gasteiger partial charge in [0.05, 0.1) is 5.52 Å². The van der Waals surface area contributed by atoms with Crippen LogP contribution in [0.5, 0.6) is 0 Å². The van der Waals surface area contributed by atoms with Crippen LogP contribution in [-0.2, 0) is 0 Å². The summed E-state index contributed by atoms with van der Waals surface area (Å²) in [7, 11) is 0. The van der Waals surface area contributed by atoms with E-state index in [0.717, 1.165) is 0 Å². The van der Waals surface area contributed by atoms with Crippen molar-refractivity contribution in [3.63, 3.8) is 0 Å². The molecule has 0 spiro atoms. The smallest absolute Gasteiger partial charge is 0.0535 e. The molecule has 88 valence electrons. The van der Waals surface area contributed by atoms with Crippen molar-refractivity contribution in [1.82, 2.24) is 4.98 Å². The molecule has 1 heterocycles. The number of nitrogens with one attached hydrogen (secondary N) is 1. The van der Waals surface area contributed by atoms with Gasteiger partial charge in [0.15, 0.2) is 0 Å². The van der Waals surface area contributed by atoms with Crippen LogP contribution in [0.1, 0.15) is 25.1 Å². The van der Waals surface area contributed by atoms with Gasteiger partial charge >= 0.3 is 0 Å². The third kappa shape index (κ3) is 2.05. The third-order valence-electron chi connectivity index (χ3n) is 2.90. The quantitative estimate of drug-likeness (QED) is 0.556. The summed E-state index contributed by atoms with van der Waals surface area (Å²) < 4.78 is 0. The first-order chi connectivity index (χ1) is 8.24. The van der Waals surface area contributed by atoms with Crippen LogP contribution in [0.3, 0.4) is 0 Å². The summed E-state index contributed by atoms with van der Waals surface area (Å²) in [4.78, 5) is 3.43. The lowest BCUT2D eigenvalue weighted by atomic mass is 10.1. The normalized spacial score (nSPS) is 10.4. The molecule has 0 fully saturated rings. The van der Waals surface area contributed by atoms with Crippen molar-refractivity contribution in [3.8, 4) is 0 Å². The van der Waals surface area contributed by atoms with Gasteiger partial charge in [-0.2, -0.15) is 0 Å². The van der Waals surface area contributed by atoms with Crippen LogP contribution in [-0.4, -0.2) is 4.98 Å². The molecule has 0 atom stereocenters. The van der Waals surface area contributed by atoms with Gasteiger partial charge in [-0.15, -0.1) is 0 Å². The number of benzene rings is 2. The Labute approximate surface area is 102 Å². The summed E-state index contributed by atoms with van der Waals surface area (Å²) in [5.41, 5.74) is 3.79. The fourth-order valence-corrected chi connectivity index (χ4v) is 2.18. The molecule has 2 aromatic carbocycles. The molecule has 0 saturated carbocycles. The second-order valence-electron chi connectivity index (χ2n) is 4.21. The highest BCUT2D eigenvalue weighted by Gasteiger charge is 2.02. The number of aromatic nitrogens is 1. The molecular weight excluding hydrogens is 206 g/mol. The van der Waals surface area contributed by atoms with Crippen LogP contribution >= 0.6 is 0 Å². The van der Waals surface area contributed by atoms with Crippen LogP contribution in [0, 0.1) is 13.8 Å². The lowest BCUT2D eigenvalue weighted by Crippen LogP contribution is -1.78. The fourth-order valence-electron chi connectivity index (χ4n) is 2.18. The van der Waals surface area contributed by atoms with Gasteiger partial charge in [0.1, 0.15) is 0 Å². The number of rotatable bonds is 0. The Bertz CT molecular complexity index is 647. The average molecular weight is 225 g/mol. The zero-order chi connectivity index (χ0) is 12.4. The summed E-state index contributed by atoms with van der Waals surface area (Å²) in [6.45, 7) is 8.23. The molecule has 0 radical (unpaired) electrons. The zero-order valence-corrected chi connectivity index (χ0v) is 11.0. The molecule has 0 aliphatic carbocycles. The number of hydrogen-bond donors (Lipinski definition) is 1. The highest BCUT2D eigenvalue weighted by Crippen LogP contribution is 2.26. The molecule has 1 aromatic heterocycles. The minimum absolute atomic E-state index is 1.22. The molecule has 17 heavy (non-hydrogen) atoms. The fraction of sp³-hybridized carbons (Fsp3) is 0.250. The Balaban J connectivity index is 0.000000514. The maximum absolute atomic E-state index is 3.43. The number of H-pyrrole nitrogens is 1. The van der Waals surface area contributed by atoms with E-state index in [0.29, 0.717) is 0 Å². The molecular formula is C16H19N. The van der Waals surface area contributed by atoms with E-state index in [-0.39, 0.29) is 0 Å². The lowest BCUT2D eigenvalue weighted by Gasteiger charge is -2.00. The summed E-state index contributed by atoms with van der Waals surface area (Å²) >= 11 is 0. The van der Waals surface area contributed by atoms with E-state index in [9.17, 15) is 0 Å². The average Bonchev–Trinajstić information content (AvgIpc) is 2.72. The van der Waals surface area contributed by atoms with E-state index in [1.54, 1.807) is 0 Å². The molecule has 0 amide bonds. The largest absolute Gasteiger partial charge is 0.358 e. The number of aromatic amines is 1. The summed E-state index contributed by atoms with van der Waals surface area (Å²) in [5.74, 6) is 0. The van der Waals surface area contributed by atoms with Crippen LogP contribution in [0.15, 0.2) is 36.4 Å². The van der Waals surface area contributed by atoms with Crippen LogP contribution in [0.25, 0.3) is 21.7 Å². The third-order valence-corrected chi connectivity index (χ3v) is 2.90. The van der Waals surface area contributed by atoms with Crippen molar-refractivity contribution in [3.05, 3.63) is 47.7 Å². The van der Waals surface area contributed by atoms with Crippen LogP contribution in [0.4, 0.5) is 0 Å². The molecule has 0 unspecified atom stereocenters. The van der Waals surface area contributed by atoms with Gasteiger partial charge in [-0.1, -0.05) is 43.7 Å². The summed E-state index contributed by atoms with van der Waals surface area (Å²) in [6.07, 6.45) is 0. The summed E-state index contributed by atoms with van der Waals surface area (Å²) in [5, 5.41) is 3.92. The Kier molecular flexibility index (Phi) is 3.19. The highest BCUT2D eigenvalue weighted by atomic mass is 14.7. The maximum atomic E-state index is 3.43. The molecule has 3 aromatic rings. The Morgan fingerprint density at radius 3 is 2.24 bits per heavy atom. The van der Waals surface area contributed by atoms with E-state index in [1.165, 1.54) is 32.9 Å². The minimum Gasteiger partial charge on any atom is -0.358 e. The second kappa shape index (κ2) is 4.62. The number of hydrogen-bond acceptors (Lipinski definition) is 0. The first kappa shape index (κ1) is 11.7.